The first-order valence-corrected chi connectivity index (χ1v) is 7.92. The van der Waals surface area contributed by atoms with E-state index < -0.39 is 0 Å². The Morgan fingerprint density at radius 3 is 2.40 bits per heavy atom. The molecule has 0 fully saturated rings. The second kappa shape index (κ2) is 6.94. The van der Waals surface area contributed by atoms with Crippen LogP contribution in [0.4, 0.5) is 5.69 Å². The second-order valence-electron chi connectivity index (χ2n) is 5.63. The van der Waals surface area contributed by atoms with Crippen LogP contribution in [0.5, 0.6) is 0 Å². The Kier molecular flexibility index (Phi) is 5.24. The first kappa shape index (κ1) is 15.1. The summed E-state index contributed by atoms with van der Waals surface area (Å²) in [7, 11) is 0. The van der Waals surface area contributed by atoms with Crippen LogP contribution in [0.3, 0.4) is 0 Å². The van der Waals surface area contributed by atoms with Crippen LogP contribution in [-0.2, 0) is 0 Å². The summed E-state index contributed by atoms with van der Waals surface area (Å²) in [6.45, 7) is 7.63. The number of hydrogen-bond donors (Lipinski definition) is 1. The molecule has 106 valence electrons. The number of halogens is 1. The van der Waals surface area contributed by atoms with E-state index in [1.807, 2.05) is 0 Å². The molecule has 0 saturated carbocycles. The molecule has 2 heteroatoms. The minimum atomic E-state index is 0.517. The zero-order valence-corrected chi connectivity index (χ0v) is 13.9. The van der Waals surface area contributed by atoms with E-state index in [1.54, 1.807) is 0 Å². The fraction of sp³-hybridized carbons (Fsp3) is 0.333. The fourth-order valence-electron chi connectivity index (χ4n) is 2.43. The third kappa shape index (κ3) is 3.86. The van der Waals surface area contributed by atoms with Crippen LogP contribution in [0.2, 0.25) is 0 Å². The normalized spacial score (nSPS) is 12.4. The maximum absolute atomic E-state index is 3.61. The van der Waals surface area contributed by atoms with Crippen molar-refractivity contribution in [3.63, 3.8) is 0 Å². The van der Waals surface area contributed by atoms with Crippen molar-refractivity contribution in [3.05, 3.63) is 64.1 Å². The number of hydrogen-bond acceptors (Lipinski definition) is 1. The molecule has 0 aromatic heterocycles. The Morgan fingerprint density at radius 2 is 1.75 bits per heavy atom. The van der Waals surface area contributed by atoms with Gasteiger partial charge in [0.25, 0.3) is 0 Å². The molecule has 0 radical (unpaired) electrons. The molecule has 0 spiro atoms. The Hall–Kier alpha value is -1.28. The van der Waals surface area contributed by atoms with Crippen LogP contribution in [0.15, 0.2) is 53.0 Å². The van der Waals surface area contributed by atoms with E-state index in [-0.39, 0.29) is 0 Å². The van der Waals surface area contributed by atoms with Gasteiger partial charge in [0, 0.05) is 22.6 Å². The average Bonchev–Trinajstić information content (AvgIpc) is 2.43. The average molecular weight is 332 g/mol. The topological polar surface area (TPSA) is 12.0 Å². The van der Waals surface area contributed by atoms with Crippen LogP contribution in [0.1, 0.15) is 30.9 Å². The van der Waals surface area contributed by atoms with Gasteiger partial charge in [-0.3, -0.25) is 0 Å². The van der Waals surface area contributed by atoms with E-state index in [4.69, 9.17) is 0 Å². The van der Waals surface area contributed by atoms with Crippen LogP contribution < -0.4 is 5.32 Å². The molecule has 0 heterocycles. The number of rotatable bonds is 5. The van der Waals surface area contributed by atoms with Crippen molar-refractivity contribution in [2.45, 2.75) is 26.7 Å². The summed E-state index contributed by atoms with van der Waals surface area (Å²) < 4.78 is 1.12. The largest absolute Gasteiger partial charge is 0.384 e. The Bertz CT molecular complexity index is 549. The first-order chi connectivity index (χ1) is 9.58. The fourth-order valence-corrected chi connectivity index (χ4v) is 2.82. The van der Waals surface area contributed by atoms with Gasteiger partial charge in [0.15, 0.2) is 0 Å². The first-order valence-electron chi connectivity index (χ1n) is 7.13. The molecule has 0 saturated heterocycles. The smallest absolute Gasteiger partial charge is 0.0487 e. The maximum Gasteiger partial charge on any atom is 0.0487 e. The van der Waals surface area contributed by atoms with Gasteiger partial charge in [0.1, 0.15) is 0 Å². The monoisotopic (exact) mass is 331 g/mol. The second-order valence-corrected chi connectivity index (χ2v) is 6.48. The minimum Gasteiger partial charge on any atom is -0.384 e. The van der Waals surface area contributed by atoms with E-state index in [0.717, 1.165) is 11.0 Å². The van der Waals surface area contributed by atoms with Gasteiger partial charge in [-0.25, -0.2) is 0 Å². The molecule has 2 aromatic carbocycles. The molecule has 0 bridgehead atoms. The zero-order valence-electron chi connectivity index (χ0n) is 12.4. The standard InChI is InChI=1S/C18H22BrN/c1-13(2)16(15-7-5-4-6-8-15)12-20-18-11-14(3)9-10-17(18)19/h4-11,13,16,20H,12H2,1-3H3. The van der Waals surface area contributed by atoms with E-state index in [9.17, 15) is 0 Å². The van der Waals surface area contributed by atoms with Crippen molar-refractivity contribution in [3.8, 4) is 0 Å². The quantitative estimate of drug-likeness (QED) is 0.750. The molecule has 0 amide bonds. The minimum absolute atomic E-state index is 0.517. The summed E-state index contributed by atoms with van der Waals surface area (Å²) in [6.07, 6.45) is 0. The number of aryl methyl sites for hydroxylation is 1. The molecular formula is C18H22BrN. The van der Waals surface area contributed by atoms with Crippen molar-refractivity contribution in [1.29, 1.82) is 0 Å². The summed E-state index contributed by atoms with van der Waals surface area (Å²) in [5.74, 6) is 1.12. The van der Waals surface area contributed by atoms with Gasteiger partial charge in [-0.05, 0) is 52.0 Å². The summed E-state index contributed by atoms with van der Waals surface area (Å²) in [5, 5.41) is 3.59. The lowest BCUT2D eigenvalue weighted by molar-refractivity contribution is 0.517. The molecule has 0 aliphatic rings. The van der Waals surface area contributed by atoms with Gasteiger partial charge in [0.05, 0.1) is 0 Å². The summed E-state index contributed by atoms with van der Waals surface area (Å²) >= 11 is 3.61. The summed E-state index contributed by atoms with van der Waals surface area (Å²) in [4.78, 5) is 0. The molecule has 0 aliphatic heterocycles. The Morgan fingerprint density at radius 1 is 1.05 bits per heavy atom. The molecule has 1 N–H and O–H groups in total. The number of anilines is 1. The highest BCUT2D eigenvalue weighted by Crippen LogP contribution is 2.28. The maximum atomic E-state index is 3.61. The molecule has 2 rings (SSSR count). The summed E-state index contributed by atoms with van der Waals surface area (Å²) in [5.41, 5.74) is 3.85. The van der Waals surface area contributed by atoms with Crippen LogP contribution in [0, 0.1) is 12.8 Å². The molecule has 2 aromatic rings. The van der Waals surface area contributed by atoms with Crippen molar-refractivity contribution < 1.29 is 0 Å². The Balaban J connectivity index is 2.12. The molecule has 20 heavy (non-hydrogen) atoms. The molecule has 1 unspecified atom stereocenters. The van der Waals surface area contributed by atoms with Crippen LogP contribution in [-0.4, -0.2) is 6.54 Å². The zero-order chi connectivity index (χ0) is 14.5. The predicted octanol–water partition coefficient (Wildman–Crippen LogP) is 5.61. The predicted molar refractivity (Wildman–Crippen MR) is 91.4 cm³/mol. The third-order valence-electron chi connectivity index (χ3n) is 3.67. The van der Waals surface area contributed by atoms with Gasteiger partial charge in [-0.15, -0.1) is 0 Å². The highest BCUT2D eigenvalue weighted by Gasteiger charge is 2.15. The van der Waals surface area contributed by atoms with Gasteiger partial charge in [-0.2, -0.15) is 0 Å². The highest BCUT2D eigenvalue weighted by molar-refractivity contribution is 9.10. The van der Waals surface area contributed by atoms with Crippen LogP contribution in [0.25, 0.3) is 0 Å². The van der Waals surface area contributed by atoms with Gasteiger partial charge < -0.3 is 5.32 Å². The van der Waals surface area contributed by atoms with Gasteiger partial charge >= 0.3 is 0 Å². The van der Waals surface area contributed by atoms with Crippen molar-refractivity contribution in [2.24, 2.45) is 5.92 Å². The van der Waals surface area contributed by atoms with Crippen LogP contribution >= 0.6 is 15.9 Å². The third-order valence-corrected chi connectivity index (χ3v) is 4.36. The van der Waals surface area contributed by atoms with E-state index in [0.29, 0.717) is 11.8 Å². The van der Waals surface area contributed by atoms with E-state index in [1.165, 1.54) is 16.8 Å². The SMILES string of the molecule is Cc1ccc(Br)c(NCC(c2ccccc2)C(C)C)c1. The molecule has 1 atom stereocenters. The molecule has 0 aliphatic carbocycles. The lowest BCUT2D eigenvalue weighted by atomic mass is 9.88. The molecular weight excluding hydrogens is 310 g/mol. The Labute approximate surface area is 130 Å². The van der Waals surface area contributed by atoms with E-state index in [2.05, 4.69) is 90.5 Å². The van der Waals surface area contributed by atoms with Crippen molar-refractivity contribution in [2.75, 3.05) is 11.9 Å². The number of benzene rings is 2. The van der Waals surface area contributed by atoms with Gasteiger partial charge in [0.2, 0.25) is 0 Å². The van der Waals surface area contributed by atoms with Crippen molar-refractivity contribution >= 4 is 21.6 Å². The highest BCUT2D eigenvalue weighted by atomic mass is 79.9. The summed E-state index contributed by atoms with van der Waals surface area (Å²) in [6, 6.07) is 17.2. The molecule has 1 nitrogen and oxygen atoms in total. The number of nitrogens with one attached hydrogen (secondary N) is 1. The van der Waals surface area contributed by atoms with Crippen molar-refractivity contribution in [1.82, 2.24) is 0 Å². The lowest BCUT2D eigenvalue weighted by Crippen LogP contribution is -2.18. The van der Waals surface area contributed by atoms with E-state index >= 15 is 0 Å². The lowest BCUT2D eigenvalue weighted by Gasteiger charge is -2.23. The van der Waals surface area contributed by atoms with Gasteiger partial charge in [-0.1, -0.05) is 50.2 Å².